The number of hydrogen-bond acceptors (Lipinski definition) is 5. The summed E-state index contributed by atoms with van der Waals surface area (Å²) in [5, 5.41) is 1.19. The van der Waals surface area contributed by atoms with E-state index in [4.69, 9.17) is 14.1 Å². The van der Waals surface area contributed by atoms with Crippen molar-refractivity contribution in [2.24, 2.45) is 5.92 Å². The Morgan fingerprint density at radius 2 is 1.93 bits per heavy atom. The van der Waals surface area contributed by atoms with Gasteiger partial charge in [0.05, 0.1) is 24.8 Å². The van der Waals surface area contributed by atoms with Crippen molar-refractivity contribution < 1.29 is 9.16 Å². The molecule has 9 heteroatoms. The van der Waals surface area contributed by atoms with Crippen molar-refractivity contribution in [1.82, 2.24) is 24.1 Å². The van der Waals surface area contributed by atoms with E-state index in [0.29, 0.717) is 19.8 Å². The lowest BCUT2D eigenvalue weighted by molar-refractivity contribution is -0.0338. The van der Waals surface area contributed by atoms with E-state index in [0.717, 1.165) is 71.1 Å². The number of nitrogens with zero attached hydrogens (tertiary/aromatic N) is 4. The molecule has 1 aliphatic heterocycles. The molecule has 0 spiro atoms. The van der Waals surface area contributed by atoms with Gasteiger partial charge in [0.1, 0.15) is 5.65 Å². The Kier molecular flexibility index (Phi) is 7.09. The van der Waals surface area contributed by atoms with Crippen LogP contribution in [0, 0.1) is 5.92 Å². The lowest BCUT2D eigenvalue weighted by atomic mass is 10.0. The minimum atomic E-state index is -1.92. The van der Waals surface area contributed by atoms with Gasteiger partial charge in [0.2, 0.25) is 0 Å². The molecule has 4 aromatic rings. The smallest absolute Gasteiger partial charge is 0.334 e. The van der Waals surface area contributed by atoms with Crippen LogP contribution in [0.15, 0.2) is 47.7 Å². The number of imidazole rings is 1. The van der Waals surface area contributed by atoms with E-state index in [1.54, 1.807) is 0 Å². The number of fused-ring (bicyclic) bond motifs is 2. The summed E-state index contributed by atoms with van der Waals surface area (Å²) in [7, 11) is -1.92. The molecule has 1 aliphatic carbocycles. The molecule has 8 nitrogen and oxygen atoms in total. The van der Waals surface area contributed by atoms with Gasteiger partial charge < -0.3 is 14.1 Å². The summed E-state index contributed by atoms with van der Waals surface area (Å²) in [4.78, 5) is 26.7. The lowest BCUT2D eigenvalue weighted by Gasteiger charge is -2.41. The SMILES string of the molecule is CC(C)(C)[Si](C)(C)OC1COCC(Cn2c(=O)n(C3=CCCCC3)c3ncc(-c4cnc5[nH]ccc5c4)cc32)C1. The van der Waals surface area contributed by atoms with Gasteiger partial charge in [-0.15, -0.1) is 0 Å². The third-order valence-corrected chi connectivity index (χ3v) is 13.6. The van der Waals surface area contributed by atoms with Crippen LogP contribution in [0.4, 0.5) is 0 Å². The molecule has 40 heavy (non-hydrogen) atoms. The second kappa shape index (κ2) is 10.4. The van der Waals surface area contributed by atoms with Gasteiger partial charge in [-0.3, -0.25) is 4.57 Å². The number of aromatic nitrogens is 5. The number of aromatic amines is 1. The lowest BCUT2D eigenvalue weighted by Crippen LogP contribution is -2.47. The quantitative estimate of drug-likeness (QED) is 0.270. The molecule has 4 aromatic heterocycles. The van der Waals surface area contributed by atoms with Gasteiger partial charge in [0.25, 0.3) is 0 Å². The standard InChI is InChI=1S/C31H41N5O3Si/c1-31(2,3)40(4,5)39-26-13-21(19-38-20-26)18-35-27-15-24(23-14-22-11-12-32-28(22)33-16-23)17-34-29(27)36(30(35)37)25-9-7-6-8-10-25/h9,11-12,14-17,21,26H,6-8,10,13,18-20H2,1-5H3,(H,32,33). The molecule has 212 valence electrons. The zero-order valence-electron chi connectivity index (χ0n) is 24.4. The number of H-pyrrole nitrogens is 1. The minimum Gasteiger partial charge on any atom is -0.412 e. The number of rotatable bonds is 6. The van der Waals surface area contributed by atoms with E-state index in [-0.39, 0.29) is 22.7 Å². The number of hydrogen-bond donors (Lipinski definition) is 1. The zero-order valence-corrected chi connectivity index (χ0v) is 25.4. The van der Waals surface area contributed by atoms with Crippen LogP contribution < -0.4 is 5.69 Å². The fraction of sp³-hybridized carbons (Fsp3) is 0.516. The van der Waals surface area contributed by atoms with Gasteiger partial charge in [-0.1, -0.05) is 26.8 Å². The van der Waals surface area contributed by atoms with E-state index in [2.05, 4.69) is 62.0 Å². The molecule has 1 N–H and O–H groups in total. The number of nitrogens with one attached hydrogen (secondary N) is 1. The number of ether oxygens (including phenoxy) is 1. The van der Waals surface area contributed by atoms with Gasteiger partial charge in [-0.05, 0) is 68.4 Å². The highest BCUT2D eigenvalue weighted by molar-refractivity contribution is 6.74. The van der Waals surface area contributed by atoms with E-state index in [9.17, 15) is 4.79 Å². The third-order valence-electron chi connectivity index (χ3n) is 9.02. The summed E-state index contributed by atoms with van der Waals surface area (Å²) in [6.45, 7) is 13.2. The van der Waals surface area contributed by atoms with Gasteiger partial charge in [0, 0.05) is 53.3 Å². The Labute approximate surface area is 236 Å². The highest BCUT2D eigenvalue weighted by atomic mass is 28.4. The summed E-state index contributed by atoms with van der Waals surface area (Å²) in [6.07, 6.45) is 12.9. The Morgan fingerprint density at radius 3 is 2.70 bits per heavy atom. The Bertz CT molecular complexity index is 1620. The van der Waals surface area contributed by atoms with Gasteiger partial charge in [0.15, 0.2) is 14.0 Å². The largest absolute Gasteiger partial charge is 0.412 e. The summed E-state index contributed by atoms with van der Waals surface area (Å²) >= 11 is 0. The van der Waals surface area contributed by atoms with Crippen LogP contribution in [0.2, 0.25) is 18.1 Å². The van der Waals surface area contributed by atoms with Crippen molar-refractivity contribution >= 4 is 36.2 Å². The van der Waals surface area contributed by atoms with Crippen molar-refractivity contribution in [3.8, 4) is 11.1 Å². The van der Waals surface area contributed by atoms with E-state index in [1.807, 2.05) is 33.8 Å². The first-order valence-corrected chi connectivity index (χ1v) is 17.5. The molecule has 6 rings (SSSR count). The number of allylic oxidation sites excluding steroid dienone is 2. The van der Waals surface area contributed by atoms with Crippen LogP contribution in [-0.4, -0.2) is 51.7 Å². The molecule has 0 radical (unpaired) electrons. The summed E-state index contributed by atoms with van der Waals surface area (Å²) in [5.41, 5.74) is 5.42. The Morgan fingerprint density at radius 1 is 1.12 bits per heavy atom. The maximum Gasteiger partial charge on any atom is 0.334 e. The summed E-state index contributed by atoms with van der Waals surface area (Å²) in [5.74, 6) is 0.183. The predicted octanol–water partition coefficient (Wildman–Crippen LogP) is 6.58. The molecule has 0 bridgehead atoms. The summed E-state index contributed by atoms with van der Waals surface area (Å²) < 4.78 is 16.6. The zero-order chi connectivity index (χ0) is 28.1. The van der Waals surface area contributed by atoms with Gasteiger partial charge >= 0.3 is 5.69 Å². The minimum absolute atomic E-state index is 0.0144. The van der Waals surface area contributed by atoms with Crippen molar-refractivity contribution in [1.29, 1.82) is 0 Å². The second-order valence-corrected chi connectivity index (χ2v) is 17.8. The molecule has 1 saturated heterocycles. The molecule has 2 atom stereocenters. The van der Waals surface area contributed by atoms with Gasteiger partial charge in [-0.25, -0.2) is 19.3 Å². The fourth-order valence-electron chi connectivity index (χ4n) is 5.78. The highest BCUT2D eigenvalue weighted by Crippen LogP contribution is 2.38. The van der Waals surface area contributed by atoms with Crippen LogP contribution >= 0.6 is 0 Å². The molecule has 2 unspecified atom stereocenters. The first kappa shape index (κ1) is 27.2. The molecule has 5 heterocycles. The molecule has 0 saturated carbocycles. The molecule has 0 amide bonds. The molecular weight excluding hydrogens is 518 g/mol. The average molecular weight is 560 g/mol. The molecule has 0 aromatic carbocycles. The molecular formula is C31H41N5O3Si. The van der Waals surface area contributed by atoms with Crippen molar-refractivity contribution in [2.75, 3.05) is 13.2 Å². The topological polar surface area (TPSA) is 87.0 Å². The maximum absolute atomic E-state index is 14.1. The Balaban J connectivity index is 1.37. The van der Waals surface area contributed by atoms with E-state index >= 15 is 0 Å². The average Bonchev–Trinajstić information content (AvgIpc) is 3.50. The van der Waals surface area contributed by atoms with Crippen LogP contribution in [0.3, 0.4) is 0 Å². The Hall–Kier alpha value is -3.01. The fourth-order valence-corrected chi connectivity index (χ4v) is 7.13. The maximum atomic E-state index is 14.1. The third kappa shape index (κ3) is 5.10. The van der Waals surface area contributed by atoms with Crippen LogP contribution in [0.5, 0.6) is 0 Å². The summed E-state index contributed by atoms with van der Waals surface area (Å²) in [6, 6.07) is 6.24. The number of pyridine rings is 2. The van der Waals surface area contributed by atoms with E-state index < -0.39 is 8.32 Å². The van der Waals surface area contributed by atoms with Crippen molar-refractivity contribution in [2.45, 2.75) is 83.7 Å². The predicted molar refractivity (Wildman–Crippen MR) is 163 cm³/mol. The first-order chi connectivity index (χ1) is 19.1. The normalized spacial score (nSPS) is 20.8. The molecule has 2 aliphatic rings. The highest BCUT2D eigenvalue weighted by Gasteiger charge is 2.40. The van der Waals surface area contributed by atoms with E-state index in [1.165, 1.54) is 0 Å². The van der Waals surface area contributed by atoms with Gasteiger partial charge in [-0.2, -0.15) is 0 Å². The van der Waals surface area contributed by atoms with Crippen molar-refractivity contribution in [3.63, 3.8) is 0 Å². The van der Waals surface area contributed by atoms with Crippen LogP contribution in [0.25, 0.3) is 39.0 Å². The van der Waals surface area contributed by atoms with Crippen molar-refractivity contribution in [3.05, 3.63) is 53.3 Å². The van der Waals surface area contributed by atoms with Crippen LogP contribution in [0.1, 0.15) is 52.9 Å². The monoisotopic (exact) mass is 559 g/mol. The second-order valence-electron chi connectivity index (χ2n) is 13.0. The molecule has 1 fully saturated rings. The first-order valence-electron chi connectivity index (χ1n) is 14.6. The van der Waals surface area contributed by atoms with Crippen LogP contribution in [-0.2, 0) is 15.7 Å².